The minimum Gasteiger partial charge on any atom is -0.258 e. The Balaban J connectivity index is 3.84. The molecule has 5 heteroatoms. The highest BCUT2D eigenvalue weighted by atomic mass is 32.2. The normalized spacial score (nSPS) is 14.9. The topological polar surface area (TPSA) is 55.4 Å². The van der Waals surface area contributed by atoms with Crippen LogP contribution in [0.1, 0.15) is 67.2 Å². The highest BCUT2D eigenvalue weighted by Crippen LogP contribution is 2.15. The van der Waals surface area contributed by atoms with Crippen LogP contribution in [0.2, 0.25) is 0 Å². The Hall–Kier alpha value is -0.130. The zero-order chi connectivity index (χ0) is 15.1. The van der Waals surface area contributed by atoms with E-state index in [1.165, 1.54) is 12.8 Å². The van der Waals surface area contributed by atoms with Crippen LogP contribution in [0.15, 0.2) is 0 Å². The highest BCUT2D eigenvalue weighted by Gasteiger charge is 2.20. The van der Waals surface area contributed by atoms with Crippen LogP contribution in [-0.4, -0.2) is 20.6 Å². The van der Waals surface area contributed by atoms with Crippen LogP contribution >= 0.6 is 0 Å². The second-order valence-electron chi connectivity index (χ2n) is 6.85. The Morgan fingerprint density at radius 3 is 2.11 bits per heavy atom. The molecule has 0 rings (SSSR count). The standard InChI is InChI=1S/C14H31NO3S/c1-12(2)8-7-9-13(3)10-11-18-19(16,17)15-14(4,5)6/h12-13,15H,7-11H2,1-6H3. The van der Waals surface area contributed by atoms with Gasteiger partial charge in [-0.05, 0) is 39.0 Å². The monoisotopic (exact) mass is 293 g/mol. The molecular formula is C14H31NO3S. The van der Waals surface area contributed by atoms with E-state index in [9.17, 15) is 8.42 Å². The van der Waals surface area contributed by atoms with Gasteiger partial charge in [-0.25, -0.2) is 0 Å². The van der Waals surface area contributed by atoms with E-state index < -0.39 is 15.8 Å². The van der Waals surface area contributed by atoms with Crippen molar-refractivity contribution in [1.29, 1.82) is 0 Å². The van der Waals surface area contributed by atoms with Gasteiger partial charge >= 0.3 is 10.3 Å². The maximum atomic E-state index is 11.6. The molecule has 116 valence electrons. The van der Waals surface area contributed by atoms with Crippen LogP contribution in [0.5, 0.6) is 0 Å². The van der Waals surface area contributed by atoms with Gasteiger partial charge in [0.1, 0.15) is 0 Å². The van der Waals surface area contributed by atoms with E-state index in [1.54, 1.807) is 20.8 Å². The zero-order valence-electron chi connectivity index (χ0n) is 13.3. The summed E-state index contributed by atoms with van der Waals surface area (Å²) in [5, 5.41) is 0. The summed E-state index contributed by atoms with van der Waals surface area (Å²) in [6.45, 7) is 12.2. The summed E-state index contributed by atoms with van der Waals surface area (Å²) in [6.07, 6.45) is 4.35. The SMILES string of the molecule is CC(C)CCCC(C)CCOS(=O)(=O)NC(C)(C)C. The lowest BCUT2D eigenvalue weighted by Gasteiger charge is -2.20. The zero-order valence-corrected chi connectivity index (χ0v) is 14.1. The molecular weight excluding hydrogens is 262 g/mol. The molecule has 0 radical (unpaired) electrons. The number of hydrogen-bond donors (Lipinski definition) is 1. The maximum Gasteiger partial charge on any atom is 0.336 e. The molecule has 0 heterocycles. The maximum absolute atomic E-state index is 11.6. The molecule has 0 saturated heterocycles. The molecule has 1 N–H and O–H groups in total. The van der Waals surface area contributed by atoms with Gasteiger partial charge in [-0.3, -0.25) is 4.18 Å². The highest BCUT2D eigenvalue weighted by molar-refractivity contribution is 7.84. The Bertz CT molecular complexity index is 331. The van der Waals surface area contributed by atoms with E-state index in [4.69, 9.17) is 4.18 Å². The summed E-state index contributed by atoms with van der Waals surface area (Å²) < 4.78 is 30.6. The molecule has 0 aliphatic heterocycles. The summed E-state index contributed by atoms with van der Waals surface area (Å²) in [6, 6.07) is 0. The van der Waals surface area contributed by atoms with Crippen molar-refractivity contribution in [2.45, 2.75) is 72.8 Å². The number of rotatable bonds is 9. The Kier molecular flexibility index (Phi) is 8.17. The second-order valence-corrected chi connectivity index (χ2v) is 8.19. The van der Waals surface area contributed by atoms with Crippen molar-refractivity contribution >= 4 is 10.3 Å². The van der Waals surface area contributed by atoms with Gasteiger partial charge in [0.2, 0.25) is 0 Å². The van der Waals surface area contributed by atoms with E-state index in [0.717, 1.165) is 18.8 Å². The molecule has 0 aliphatic carbocycles. The predicted octanol–water partition coefficient (Wildman–Crippen LogP) is 3.49. The lowest BCUT2D eigenvalue weighted by molar-refractivity contribution is 0.268. The first-order chi connectivity index (χ1) is 8.52. The Labute approximate surface area is 119 Å². The van der Waals surface area contributed by atoms with Crippen molar-refractivity contribution in [2.75, 3.05) is 6.61 Å². The molecule has 0 fully saturated rings. The fourth-order valence-corrected chi connectivity index (χ4v) is 2.91. The van der Waals surface area contributed by atoms with Crippen molar-refractivity contribution in [2.24, 2.45) is 11.8 Å². The van der Waals surface area contributed by atoms with Gasteiger partial charge in [-0.1, -0.05) is 40.0 Å². The van der Waals surface area contributed by atoms with Crippen LogP contribution in [0.3, 0.4) is 0 Å². The van der Waals surface area contributed by atoms with E-state index in [2.05, 4.69) is 25.5 Å². The van der Waals surface area contributed by atoms with Gasteiger partial charge in [0.05, 0.1) is 6.61 Å². The summed E-state index contributed by atoms with van der Waals surface area (Å²) in [5.41, 5.74) is -0.498. The molecule has 0 saturated carbocycles. The molecule has 1 unspecified atom stereocenters. The van der Waals surface area contributed by atoms with Gasteiger partial charge in [0, 0.05) is 5.54 Å². The lowest BCUT2D eigenvalue weighted by atomic mass is 9.98. The van der Waals surface area contributed by atoms with E-state index >= 15 is 0 Å². The first-order valence-corrected chi connectivity index (χ1v) is 8.61. The van der Waals surface area contributed by atoms with Crippen molar-refractivity contribution in [3.63, 3.8) is 0 Å². The first kappa shape index (κ1) is 18.9. The van der Waals surface area contributed by atoms with Gasteiger partial charge < -0.3 is 0 Å². The quantitative estimate of drug-likeness (QED) is 0.708. The molecule has 0 aromatic rings. The molecule has 1 atom stereocenters. The van der Waals surface area contributed by atoms with Crippen LogP contribution in [0.25, 0.3) is 0 Å². The summed E-state index contributed by atoms with van der Waals surface area (Å²) in [4.78, 5) is 0. The number of nitrogens with one attached hydrogen (secondary N) is 1. The molecule has 0 aliphatic rings. The summed E-state index contributed by atoms with van der Waals surface area (Å²) >= 11 is 0. The van der Waals surface area contributed by atoms with Gasteiger partial charge in [-0.2, -0.15) is 13.1 Å². The fraction of sp³-hybridized carbons (Fsp3) is 1.00. The minimum absolute atomic E-state index is 0.258. The molecule has 0 bridgehead atoms. The van der Waals surface area contributed by atoms with Crippen molar-refractivity contribution in [3.05, 3.63) is 0 Å². The molecule has 0 spiro atoms. The van der Waals surface area contributed by atoms with E-state index in [1.807, 2.05) is 0 Å². The minimum atomic E-state index is -3.62. The van der Waals surface area contributed by atoms with E-state index in [-0.39, 0.29) is 6.61 Å². The molecule has 19 heavy (non-hydrogen) atoms. The lowest BCUT2D eigenvalue weighted by Crippen LogP contribution is -2.41. The fourth-order valence-electron chi connectivity index (χ4n) is 1.78. The second kappa shape index (κ2) is 8.22. The van der Waals surface area contributed by atoms with Gasteiger partial charge in [0.15, 0.2) is 0 Å². The van der Waals surface area contributed by atoms with Crippen molar-refractivity contribution in [3.8, 4) is 0 Å². The van der Waals surface area contributed by atoms with Crippen LogP contribution in [-0.2, 0) is 14.5 Å². The van der Waals surface area contributed by atoms with Gasteiger partial charge in [-0.15, -0.1) is 0 Å². The Morgan fingerprint density at radius 2 is 1.63 bits per heavy atom. The Morgan fingerprint density at radius 1 is 1.05 bits per heavy atom. The molecule has 0 amide bonds. The number of hydrogen-bond acceptors (Lipinski definition) is 3. The van der Waals surface area contributed by atoms with Crippen molar-refractivity contribution < 1.29 is 12.6 Å². The molecule has 4 nitrogen and oxygen atoms in total. The van der Waals surface area contributed by atoms with E-state index in [0.29, 0.717) is 5.92 Å². The average molecular weight is 293 g/mol. The third-order valence-corrected chi connectivity index (χ3v) is 4.10. The van der Waals surface area contributed by atoms with Crippen LogP contribution < -0.4 is 4.72 Å². The summed E-state index contributed by atoms with van der Waals surface area (Å²) in [5.74, 6) is 1.24. The third-order valence-electron chi connectivity index (χ3n) is 2.76. The van der Waals surface area contributed by atoms with Gasteiger partial charge in [0.25, 0.3) is 0 Å². The largest absolute Gasteiger partial charge is 0.336 e. The third kappa shape index (κ3) is 12.6. The molecule has 0 aromatic carbocycles. The van der Waals surface area contributed by atoms with Crippen LogP contribution in [0, 0.1) is 11.8 Å². The van der Waals surface area contributed by atoms with Crippen molar-refractivity contribution in [1.82, 2.24) is 4.72 Å². The smallest absolute Gasteiger partial charge is 0.258 e. The predicted molar refractivity (Wildman–Crippen MR) is 80.2 cm³/mol. The summed E-state index contributed by atoms with van der Waals surface area (Å²) in [7, 11) is -3.62. The first-order valence-electron chi connectivity index (χ1n) is 7.20. The van der Waals surface area contributed by atoms with Crippen LogP contribution in [0.4, 0.5) is 0 Å². The average Bonchev–Trinajstić information content (AvgIpc) is 2.12. The molecule has 0 aromatic heterocycles.